The molecule has 2 amide bonds. The molecule has 0 radical (unpaired) electrons. The number of ether oxygens (including phenoxy) is 2. The van der Waals surface area contributed by atoms with Crippen LogP contribution in [0.5, 0.6) is 5.75 Å². The molecule has 1 aliphatic rings. The Labute approximate surface area is 159 Å². The Hall–Kier alpha value is -2.54. The molecule has 0 aliphatic carbocycles. The Kier molecular flexibility index (Phi) is 5.41. The number of benzene rings is 1. The molecule has 1 aromatic carbocycles. The molecule has 1 aromatic heterocycles. The molecule has 7 nitrogen and oxygen atoms in total. The van der Waals surface area contributed by atoms with Crippen molar-refractivity contribution in [1.29, 1.82) is 0 Å². The molecule has 0 saturated carbocycles. The van der Waals surface area contributed by atoms with E-state index in [4.69, 9.17) is 9.47 Å². The monoisotopic (exact) mass is 373 g/mol. The second-order valence-electron chi connectivity index (χ2n) is 7.12. The third-order valence-corrected chi connectivity index (χ3v) is 5.31. The minimum Gasteiger partial charge on any atom is -0.497 e. The molecular weight excluding hydrogens is 346 g/mol. The summed E-state index contributed by atoms with van der Waals surface area (Å²) in [7, 11) is 7.01. The van der Waals surface area contributed by atoms with Gasteiger partial charge in [-0.25, -0.2) is 0 Å². The summed E-state index contributed by atoms with van der Waals surface area (Å²) in [5.41, 5.74) is 2.54. The molecule has 2 aromatic rings. The summed E-state index contributed by atoms with van der Waals surface area (Å²) in [6.07, 6.45) is 0.256. The van der Waals surface area contributed by atoms with Gasteiger partial charge < -0.3 is 23.8 Å². The summed E-state index contributed by atoms with van der Waals surface area (Å²) in [5, 5.41) is 0.864. The van der Waals surface area contributed by atoms with Crippen molar-refractivity contribution in [1.82, 2.24) is 14.4 Å². The summed E-state index contributed by atoms with van der Waals surface area (Å²) in [6, 6.07) is 5.49. The number of carbonyl (C=O) groups excluding carboxylic acids is 2. The number of amides is 2. The van der Waals surface area contributed by atoms with E-state index < -0.39 is 0 Å². The number of fused-ring (bicyclic) bond motifs is 1. The molecular formula is C20H27N3O4. The van der Waals surface area contributed by atoms with Crippen molar-refractivity contribution >= 4 is 22.7 Å². The maximum atomic E-state index is 13.5. The van der Waals surface area contributed by atoms with Gasteiger partial charge in [0.2, 0.25) is 5.91 Å². The molecule has 2 heterocycles. The van der Waals surface area contributed by atoms with E-state index in [2.05, 4.69) is 0 Å². The van der Waals surface area contributed by atoms with Crippen LogP contribution in [0.3, 0.4) is 0 Å². The van der Waals surface area contributed by atoms with Gasteiger partial charge in [-0.1, -0.05) is 0 Å². The van der Waals surface area contributed by atoms with Crippen LogP contribution in [0.25, 0.3) is 10.9 Å². The Morgan fingerprint density at radius 3 is 2.74 bits per heavy atom. The minimum absolute atomic E-state index is 0.0142. The van der Waals surface area contributed by atoms with Crippen molar-refractivity contribution in [2.45, 2.75) is 19.4 Å². The minimum atomic E-state index is -0.263. The molecule has 0 unspecified atom stereocenters. The van der Waals surface area contributed by atoms with Crippen LogP contribution in [0.1, 0.15) is 22.5 Å². The summed E-state index contributed by atoms with van der Waals surface area (Å²) < 4.78 is 12.9. The average molecular weight is 373 g/mol. The van der Waals surface area contributed by atoms with Crippen LogP contribution in [0.4, 0.5) is 0 Å². The summed E-state index contributed by atoms with van der Waals surface area (Å²) in [4.78, 5) is 29.0. The fraction of sp³-hybridized carbons (Fsp3) is 0.500. The average Bonchev–Trinajstić information content (AvgIpc) is 2.91. The Balaban J connectivity index is 2.00. The highest BCUT2D eigenvalue weighted by molar-refractivity contribution is 6.09. The van der Waals surface area contributed by atoms with E-state index in [1.807, 2.05) is 36.7 Å². The van der Waals surface area contributed by atoms with E-state index in [0.29, 0.717) is 31.1 Å². The van der Waals surface area contributed by atoms with Crippen LogP contribution in [-0.4, -0.2) is 73.2 Å². The van der Waals surface area contributed by atoms with Crippen LogP contribution in [0.15, 0.2) is 18.2 Å². The zero-order chi connectivity index (χ0) is 19.7. The van der Waals surface area contributed by atoms with Gasteiger partial charge in [0.15, 0.2) is 0 Å². The summed E-state index contributed by atoms with van der Waals surface area (Å²) in [6.45, 7) is 3.27. The molecule has 7 heteroatoms. The van der Waals surface area contributed by atoms with Gasteiger partial charge in [0.1, 0.15) is 5.75 Å². The van der Waals surface area contributed by atoms with E-state index in [1.54, 1.807) is 31.0 Å². The van der Waals surface area contributed by atoms with E-state index in [1.165, 1.54) is 0 Å². The van der Waals surface area contributed by atoms with Gasteiger partial charge in [0, 0.05) is 50.7 Å². The van der Waals surface area contributed by atoms with Crippen molar-refractivity contribution in [2.75, 3.05) is 41.0 Å². The number of morpholine rings is 1. The number of carbonyl (C=O) groups is 2. The number of methoxy groups -OCH3 is 1. The summed E-state index contributed by atoms with van der Waals surface area (Å²) in [5.74, 6) is 0.634. The number of rotatable bonds is 4. The van der Waals surface area contributed by atoms with Crippen LogP contribution >= 0.6 is 0 Å². The van der Waals surface area contributed by atoms with Crippen molar-refractivity contribution in [3.05, 3.63) is 29.5 Å². The van der Waals surface area contributed by atoms with Gasteiger partial charge in [-0.15, -0.1) is 0 Å². The lowest BCUT2D eigenvalue weighted by atomic mass is 10.1. The van der Waals surface area contributed by atoms with Gasteiger partial charge in [-0.3, -0.25) is 9.59 Å². The van der Waals surface area contributed by atoms with Crippen molar-refractivity contribution in [3.63, 3.8) is 0 Å². The van der Waals surface area contributed by atoms with E-state index in [0.717, 1.165) is 16.6 Å². The Bertz CT molecular complexity index is 872. The first kappa shape index (κ1) is 19.2. The lowest BCUT2D eigenvalue weighted by molar-refractivity contribution is -0.131. The smallest absolute Gasteiger partial charge is 0.256 e. The third-order valence-electron chi connectivity index (χ3n) is 5.31. The highest BCUT2D eigenvalue weighted by Gasteiger charge is 2.32. The van der Waals surface area contributed by atoms with E-state index >= 15 is 0 Å². The number of nitrogens with zero attached hydrogens (tertiary/aromatic N) is 3. The topological polar surface area (TPSA) is 64.0 Å². The molecule has 3 rings (SSSR count). The fourth-order valence-electron chi connectivity index (χ4n) is 3.57. The number of hydrogen-bond donors (Lipinski definition) is 0. The number of hydrogen-bond acceptors (Lipinski definition) is 4. The quantitative estimate of drug-likeness (QED) is 0.820. The van der Waals surface area contributed by atoms with Gasteiger partial charge in [0.05, 0.1) is 31.9 Å². The first-order valence-electron chi connectivity index (χ1n) is 9.07. The summed E-state index contributed by atoms with van der Waals surface area (Å²) >= 11 is 0. The first-order chi connectivity index (χ1) is 12.8. The zero-order valence-corrected chi connectivity index (χ0v) is 16.6. The molecule has 146 valence electrons. The SMILES string of the molecule is COc1ccc2c(c1)c(C(=O)N1CCOC[C@H]1CC(=O)N(C)C)c(C)n2C. The van der Waals surface area contributed by atoms with Crippen molar-refractivity contribution in [2.24, 2.45) is 7.05 Å². The second-order valence-corrected chi connectivity index (χ2v) is 7.12. The lowest BCUT2D eigenvalue weighted by Gasteiger charge is -2.36. The predicted molar refractivity (Wildman–Crippen MR) is 103 cm³/mol. The lowest BCUT2D eigenvalue weighted by Crippen LogP contribution is -2.50. The fourth-order valence-corrected chi connectivity index (χ4v) is 3.57. The molecule has 1 fully saturated rings. The largest absolute Gasteiger partial charge is 0.497 e. The maximum Gasteiger partial charge on any atom is 0.256 e. The Morgan fingerprint density at radius 2 is 2.07 bits per heavy atom. The Morgan fingerprint density at radius 1 is 1.33 bits per heavy atom. The van der Waals surface area contributed by atoms with Crippen LogP contribution < -0.4 is 4.74 Å². The van der Waals surface area contributed by atoms with Gasteiger partial charge in [-0.05, 0) is 25.1 Å². The molecule has 0 N–H and O–H groups in total. The molecule has 27 heavy (non-hydrogen) atoms. The van der Waals surface area contributed by atoms with Gasteiger partial charge in [0.25, 0.3) is 5.91 Å². The highest BCUT2D eigenvalue weighted by atomic mass is 16.5. The van der Waals surface area contributed by atoms with Gasteiger partial charge >= 0.3 is 0 Å². The molecule has 0 spiro atoms. The number of aromatic nitrogens is 1. The van der Waals surface area contributed by atoms with E-state index in [9.17, 15) is 9.59 Å². The molecule has 1 atom stereocenters. The van der Waals surface area contributed by atoms with Crippen molar-refractivity contribution in [3.8, 4) is 5.75 Å². The molecule has 0 bridgehead atoms. The van der Waals surface area contributed by atoms with Crippen LogP contribution in [-0.2, 0) is 16.6 Å². The molecule has 1 aliphatic heterocycles. The maximum absolute atomic E-state index is 13.5. The van der Waals surface area contributed by atoms with E-state index in [-0.39, 0.29) is 24.3 Å². The normalized spacial score (nSPS) is 17.2. The second kappa shape index (κ2) is 7.60. The van der Waals surface area contributed by atoms with Gasteiger partial charge in [-0.2, -0.15) is 0 Å². The number of aryl methyl sites for hydroxylation is 1. The highest BCUT2D eigenvalue weighted by Crippen LogP contribution is 2.30. The molecule has 1 saturated heterocycles. The van der Waals surface area contributed by atoms with Crippen molar-refractivity contribution < 1.29 is 19.1 Å². The first-order valence-corrected chi connectivity index (χ1v) is 9.07. The zero-order valence-electron chi connectivity index (χ0n) is 16.6. The van der Waals surface area contributed by atoms with Crippen LogP contribution in [0, 0.1) is 6.92 Å². The predicted octanol–water partition coefficient (Wildman–Crippen LogP) is 1.81. The van der Waals surface area contributed by atoms with Crippen LogP contribution in [0.2, 0.25) is 0 Å². The standard InChI is InChI=1S/C20H27N3O4/c1-13-19(16-11-15(26-5)6-7-17(16)22(13)4)20(25)23-8-9-27-12-14(23)10-18(24)21(2)3/h6-7,11,14H,8-10,12H2,1-5H3/t14-/m1/s1. The third kappa shape index (κ3) is 3.51.